The van der Waals surface area contributed by atoms with Crippen LogP contribution in [0, 0.1) is 0 Å². The van der Waals surface area contributed by atoms with Crippen LogP contribution < -0.4 is 10.6 Å². The second kappa shape index (κ2) is 13.1. The molecule has 0 bridgehead atoms. The molecular weight excluding hydrogens is 380 g/mol. The molecule has 0 spiro atoms. The molecule has 1 atom stereocenters. The van der Waals surface area contributed by atoms with Crippen molar-refractivity contribution in [3.05, 3.63) is 71.8 Å². The second-order valence-corrected chi connectivity index (χ2v) is 7.11. The van der Waals surface area contributed by atoms with E-state index in [9.17, 15) is 14.4 Å². The zero-order valence-corrected chi connectivity index (χ0v) is 17.4. The molecule has 0 aliphatic rings. The molecule has 2 aromatic rings. The Bertz CT molecular complexity index is 793. The maximum Gasteiger partial charge on any atom is 0.306 e. The second-order valence-electron chi connectivity index (χ2n) is 7.11. The van der Waals surface area contributed by atoms with Crippen LogP contribution >= 0.6 is 0 Å². The van der Waals surface area contributed by atoms with Gasteiger partial charge >= 0.3 is 5.97 Å². The lowest BCUT2D eigenvalue weighted by Crippen LogP contribution is -2.47. The van der Waals surface area contributed by atoms with E-state index in [-0.39, 0.29) is 37.7 Å². The normalized spacial score (nSPS) is 11.4. The summed E-state index contributed by atoms with van der Waals surface area (Å²) in [5.74, 6) is -0.933. The fraction of sp³-hybridized carbons (Fsp3) is 0.375. The molecule has 0 aromatic heterocycles. The molecule has 160 valence electrons. The lowest BCUT2D eigenvalue weighted by molar-refractivity contribution is -0.145. The monoisotopic (exact) mass is 410 g/mol. The lowest BCUT2D eigenvalue weighted by Gasteiger charge is -2.18. The van der Waals surface area contributed by atoms with E-state index >= 15 is 0 Å². The van der Waals surface area contributed by atoms with Crippen LogP contribution in [0.15, 0.2) is 60.7 Å². The van der Waals surface area contributed by atoms with Crippen molar-refractivity contribution < 1.29 is 19.1 Å². The molecule has 30 heavy (non-hydrogen) atoms. The number of nitrogens with one attached hydrogen (secondary N) is 2. The molecule has 2 amide bonds. The average Bonchev–Trinajstić information content (AvgIpc) is 2.76. The van der Waals surface area contributed by atoms with E-state index in [1.165, 1.54) is 0 Å². The van der Waals surface area contributed by atoms with E-state index in [4.69, 9.17) is 4.74 Å². The van der Waals surface area contributed by atoms with Gasteiger partial charge in [0.05, 0.1) is 6.42 Å². The van der Waals surface area contributed by atoms with Gasteiger partial charge in [0.2, 0.25) is 11.8 Å². The van der Waals surface area contributed by atoms with Crippen molar-refractivity contribution in [1.29, 1.82) is 0 Å². The SMILES string of the molecule is CCCCNC(=O)[C@@H](CCC(=O)OCc1ccccc1)NC(=O)Cc1ccccc1. The number of carbonyl (C=O) groups excluding carboxylic acids is 3. The highest BCUT2D eigenvalue weighted by Gasteiger charge is 2.22. The van der Waals surface area contributed by atoms with Crippen LogP contribution in [0.3, 0.4) is 0 Å². The van der Waals surface area contributed by atoms with Crippen LogP contribution in [0.1, 0.15) is 43.7 Å². The van der Waals surface area contributed by atoms with Gasteiger partial charge in [-0.1, -0.05) is 74.0 Å². The highest BCUT2D eigenvalue weighted by molar-refractivity contribution is 5.88. The summed E-state index contributed by atoms with van der Waals surface area (Å²) in [6.45, 7) is 2.76. The molecule has 0 saturated heterocycles. The van der Waals surface area contributed by atoms with Crippen molar-refractivity contribution in [3.63, 3.8) is 0 Å². The average molecular weight is 411 g/mol. The smallest absolute Gasteiger partial charge is 0.306 e. The summed E-state index contributed by atoms with van der Waals surface area (Å²) in [5.41, 5.74) is 1.76. The first kappa shape index (κ1) is 23.1. The van der Waals surface area contributed by atoms with Crippen LogP contribution in [0.2, 0.25) is 0 Å². The minimum atomic E-state index is -0.776. The van der Waals surface area contributed by atoms with Gasteiger partial charge < -0.3 is 15.4 Å². The molecule has 0 radical (unpaired) electrons. The minimum Gasteiger partial charge on any atom is -0.461 e. The summed E-state index contributed by atoms with van der Waals surface area (Å²) in [7, 11) is 0. The van der Waals surface area contributed by atoms with E-state index in [1.807, 2.05) is 67.6 Å². The summed E-state index contributed by atoms with van der Waals surface area (Å²) >= 11 is 0. The number of hydrogen-bond donors (Lipinski definition) is 2. The molecule has 0 unspecified atom stereocenters. The first-order valence-corrected chi connectivity index (χ1v) is 10.4. The number of benzene rings is 2. The predicted molar refractivity (Wildman–Crippen MR) is 115 cm³/mol. The predicted octanol–water partition coefficient (Wildman–Crippen LogP) is 3.15. The van der Waals surface area contributed by atoms with Crippen molar-refractivity contribution in [2.24, 2.45) is 0 Å². The fourth-order valence-corrected chi connectivity index (χ4v) is 2.88. The maximum absolute atomic E-state index is 12.5. The van der Waals surface area contributed by atoms with Gasteiger partial charge in [0.25, 0.3) is 0 Å². The quantitative estimate of drug-likeness (QED) is 0.416. The number of unbranched alkanes of at least 4 members (excludes halogenated alkanes) is 1. The lowest BCUT2D eigenvalue weighted by atomic mass is 10.1. The van der Waals surface area contributed by atoms with Crippen LogP contribution in [-0.2, 0) is 32.1 Å². The van der Waals surface area contributed by atoms with Crippen molar-refractivity contribution in [2.45, 2.75) is 51.7 Å². The Labute approximate surface area is 178 Å². The van der Waals surface area contributed by atoms with E-state index in [1.54, 1.807) is 0 Å². The van der Waals surface area contributed by atoms with Crippen molar-refractivity contribution in [1.82, 2.24) is 10.6 Å². The summed E-state index contributed by atoms with van der Waals surface area (Å²) in [4.78, 5) is 37.0. The zero-order chi connectivity index (χ0) is 21.6. The molecule has 0 saturated carbocycles. The van der Waals surface area contributed by atoms with Gasteiger partial charge in [-0.2, -0.15) is 0 Å². The third kappa shape index (κ3) is 8.90. The summed E-state index contributed by atoms with van der Waals surface area (Å²) < 4.78 is 5.27. The summed E-state index contributed by atoms with van der Waals surface area (Å²) in [6, 6.07) is 17.9. The molecule has 2 rings (SSSR count). The van der Waals surface area contributed by atoms with Gasteiger partial charge in [0.15, 0.2) is 0 Å². The van der Waals surface area contributed by atoms with Crippen LogP contribution in [0.4, 0.5) is 0 Å². The Kier molecular flexibility index (Phi) is 10.1. The number of rotatable bonds is 12. The van der Waals surface area contributed by atoms with Crippen molar-refractivity contribution in [3.8, 4) is 0 Å². The van der Waals surface area contributed by atoms with Gasteiger partial charge in [0, 0.05) is 13.0 Å². The van der Waals surface area contributed by atoms with Gasteiger partial charge in [0.1, 0.15) is 12.6 Å². The highest BCUT2D eigenvalue weighted by Crippen LogP contribution is 2.06. The van der Waals surface area contributed by atoms with Gasteiger partial charge in [-0.15, -0.1) is 0 Å². The van der Waals surface area contributed by atoms with Gasteiger partial charge in [-0.05, 0) is 24.0 Å². The highest BCUT2D eigenvalue weighted by atomic mass is 16.5. The van der Waals surface area contributed by atoms with E-state index in [0.29, 0.717) is 6.54 Å². The van der Waals surface area contributed by atoms with Crippen LogP contribution in [0.25, 0.3) is 0 Å². The summed E-state index contributed by atoms with van der Waals surface area (Å²) in [6.07, 6.45) is 2.22. The third-order valence-corrected chi connectivity index (χ3v) is 4.57. The van der Waals surface area contributed by atoms with E-state index in [2.05, 4.69) is 10.6 Å². The molecule has 0 aliphatic carbocycles. The first-order chi connectivity index (χ1) is 14.6. The Morgan fingerprint density at radius 2 is 1.57 bits per heavy atom. The number of hydrogen-bond acceptors (Lipinski definition) is 4. The zero-order valence-electron chi connectivity index (χ0n) is 17.4. The molecule has 6 nitrogen and oxygen atoms in total. The molecule has 0 aliphatic heterocycles. The molecule has 2 aromatic carbocycles. The van der Waals surface area contributed by atoms with Crippen LogP contribution in [-0.4, -0.2) is 30.4 Å². The number of esters is 1. The third-order valence-electron chi connectivity index (χ3n) is 4.57. The maximum atomic E-state index is 12.5. The van der Waals surface area contributed by atoms with Gasteiger partial charge in [-0.25, -0.2) is 0 Å². The minimum absolute atomic E-state index is 0.0459. The fourth-order valence-electron chi connectivity index (χ4n) is 2.88. The topological polar surface area (TPSA) is 84.5 Å². The van der Waals surface area contributed by atoms with Crippen molar-refractivity contribution in [2.75, 3.05) is 6.54 Å². The van der Waals surface area contributed by atoms with Crippen LogP contribution in [0.5, 0.6) is 0 Å². The molecule has 0 heterocycles. The first-order valence-electron chi connectivity index (χ1n) is 10.4. The Hall–Kier alpha value is -3.15. The molecule has 6 heteroatoms. The Morgan fingerprint density at radius 1 is 0.933 bits per heavy atom. The van der Waals surface area contributed by atoms with Crippen molar-refractivity contribution >= 4 is 17.8 Å². The molecule has 2 N–H and O–H groups in total. The summed E-state index contributed by atoms with van der Waals surface area (Å²) in [5, 5.41) is 5.59. The van der Waals surface area contributed by atoms with E-state index < -0.39 is 12.0 Å². The largest absolute Gasteiger partial charge is 0.461 e. The Morgan fingerprint density at radius 3 is 2.20 bits per heavy atom. The number of carbonyl (C=O) groups is 3. The number of amides is 2. The number of ether oxygens (including phenoxy) is 1. The van der Waals surface area contributed by atoms with E-state index in [0.717, 1.165) is 24.0 Å². The molecule has 0 fully saturated rings. The van der Waals surface area contributed by atoms with Gasteiger partial charge in [-0.3, -0.25) is 14.4 Å². The molecular formula is C24H30N2O4. The standard InChI is InChI=1S/C24H30N2O4/c1-2-3-16-25-24(29)21(26-22(27)17-19-10-6-4-7-11-19)14-15-23(28)30-18-20-12-8-5-9-13-20/h4-13,21H,2-3,14-18H2,1H3,(H,25,29)(H,26,27)/t21-/m1/s1. The Balaban J connectivity index is 1.87.